The molecule has 0 bridgehead atoms. The normalized spacial score (nSPS) is 30.2. The quantitative estimate of drug-likeness (QED) is 0.0242. The molecule has 3 aliphatic heterocycles. The van der Waals surface area contributed by atoms with Gasteiger partial charge in [-0.15, -0.1) is 0 Å². The first-order valence-corrected chi connectivity index (χ1v) is 31.2. The van der Waals surface area contributed by atoms with Crippen LogP contribution in [0, 0.1) is 0 Å². The zero-order valence-electron chi connectivity index (χ0n) is 48.8. The molecule has 0 spiro atoms. The maximum atomic E-state index is 13.3. The molecule has 0 aromatic rings. The lowest BCUT2D eigenvalue weighted by Gasteiger charge is -2.48. The summed E-state index contributed by atoms with van der Waals surface area (Å²) >= 11 is 0. The standard InChI is InChI=1S/C61H111NO18/c1-3-5-7-9-11-13-15-17-19-20-21-22-23-25-26-28-30-32-34-36-38-45(66)44(62-49(67)39-37-35-33-31-29-27-24-18-16-14-12-10-8-6-4-2)43-75-59-55(73)52(70)57(47(41-64)77-59)80-61-56(74)53(71)58(48(42-65)78-61)79-60-54(72)51(69)50(68)46(40-63)76-60/h6,8,12,14,18,24,44-48,50-61,63-66,68-74H,3-5,7,9-11,13,15-17,19-23,25-43H2,1-2H3,(H,62,67)/b8-6-,14-12-,24-18-. The molecule has 1 amide bonds. The van der Waals surface area contributed by atoms with E-state index in [2.05, 4.69) is 55.6 Å². The van der Waals surface area contributed by atoms with Gasteiger partial charge in [0.05, 0.1) is 38.6 Å². The Hall–Kier alpha value is -1.99. The van der Waals surface area contributed by atoms with Gasteiger partial charge in [0, 0.05) is 6.42 Å². The van der Waals surface area contributed by atoms with Crippen molar-refractivity contribution in [3.8, 4) is 0 Å². The number of nitrogens with one attached hydrogen (secondary N) is 1. The van der Waals surface area contributed by atoms with Gasteiger partial charge in [0.15, 0.2) is 18.9 Å². The summed E-state index contributed by atoms with van der Waals surface area (Å²) in [5.74, 6) is -0.260. The third kappa shape index (κ3) is 27.8. The molecule has 17 unspecified atom stereocenters. The van der Waals surface area contributed by atoms with Crippen molar-refractivity contribution >= 4 is 5.91 Å². The average molecular weight is 1150 g/mol. The second kappa shape index (κ2) is 44.5. The van der Waals surface area contributed by atoms with Crippen molar-refractivity contribution in [2.45, 2.75) is 317 Å². The monoisotopic (exact) mass is 1150 g/mol. The van der Waals surface area contributed by atoms with Crippen molar-refractivity contribution in [2.24, 2.45) is 0 Å². The van der Waals surface area contributed by atoms with Crippen molar-refractivity contribution in [3.05, 3.63) is 36.5 Å². The molecule has 3 rings (SSSR count). The van der Waals surface area contributed by atoms with E-state index in [1.165, 1.54) is 103 Å². The van der Waals surface area contributed by atoms with Gasteiger partial charge in [0.25, 0.3) is 0 Å². The molecule has 0 radical (unpaired) electrons. The van der Waals surface area contributed by atoms with E-state index in [1.54, 1.807) is 0 Å². The Labute approximate surface area is 479 Å². The summed E-state index contributed by atoms with van der Waals surface area (Å²) in [6, 6.07) is -0.896. The summed E-state index contributed by atoms with van der Waals surface area (Å²) in [5, 5.41) is 120. The van der Waals surface area contributed by atoms with Crippen LogP contribution in [0.15, 0.2) is 36.5 Å². The molecule has 3 saturated heterocycles. The largest absolute Gasteiger partial charge is 0.394 e. The average Bonchev–Trinajstić information content (AvgIpc) is 3.50. The molecule has 19 heteroatoms. The summed E-state index contributed by atoms with van der Waals surface area (Å²) in [7, 11) is 0. The molecule has 80 heavy (non-hydrogen) atoms. The number of carbonyl (C=O) groups excluding carboxylic acids is 1. The summed E-state index contributed by atoms with van der Waals surface area (Å²) in [6.45, 7) is 1.67. The first kappa shape index (κ1) is 72.3. The second-order valence-corrected chi connectivity index (χ2v) is 22.5. The van der Waals surface area contributed by atoms with E-state index in [0.29, 0.717) is 12.8 Å². The van der Waals surface area contributed by atoms with Crippen LogP contribution in [-0.4, -0.2) is 193 Å². The number of allylic oxidation sites excluding steroid dienone is 6. The minimum Gasteiger partial charge on any atom is -0.394 e. The Morgan fingerprint density at radius 2 is 0.863 bits per heavy atom. The van der Waals surface area contributed by atoms with Gasteiger partial charge in [-0.1, -0.05) is 198 Å². The molecular weight excluding hydrogens is 1030 g/mol. The number of rotatable bonds is 46. The maximum Gasteiger partial charge on any atom is 0.220 e. The van der Waals surface area contributed by atoms with Gasteiger partial charge in [-0.3, -0.25) is 4.79 Å². The van der Waals surface area contributed by atoms with Crippen LogP contribution in [0.5, 0.6) is 0 Å². The highest BCUT2D eigenvalue weighted by atomic mass is 16.8. The molecule has 468 valence electrons. The van der Waals surface area contributed by atoms with E-state index in [4.69, 9.17) is 28.4 Å². The fourth-order valence-corrected chi connectivity index (χ4v) is 10.6. The zero-order valence-corrected chi connectivity index (χ0v) is 48.8. The van der Waals surface area contributed by atoms with Crippen LogP contribution in [0.1, 0.15) is 213 Å². The van der Waals surface area contributed by atoms with E-state index < -0.39 is 124 Å². The summed E-state index contributed by atoms with van der Waals surface area (Å²) in [5.41, 5.74) is 0. The zero-order chi connectivity index (χ0) is 58.3. The maximum absolute atomic E-state index is 13.3. The highest BCUT2D eigenvalue weighted by Gasteiger charge is 2.53. The molecule has 3 fully saturated rings. The van der Waals surface area contributed by atoms with Crippen molar-refractivity contribution in [1.29, 1.82) is 0 Å². The lowest BCUT2D eigenvalue weighted by molar-refractivity contribution is -0.379. The van der Waals surface area contributed by atoms with E-state index in [0.717, 1.165) is 77.0 Å². The topological polar surface area (TPSA) is 307 Å². The Bertz CT molecular complexity index is 1600. The number of hydrogen-bond acceptors (Lipinski definition) is 18. The fourth-order valence-electron chi connectivity index (χ4n) is 10.6. The summed E-state index contributed by atoms with van der Waals surface area (Å²) < 4.78 is 34.3. The Balaban J connectivity index is 1.48. The molecule has 0 saturated carbocycles. The molecule has 12 N–H and O–H groups in total. The molecule has 19 nitrogen and oxygen atoms in total. The number of unbranched alkanes of at least 4 members (excludes halogenated alkanes) is 24. The van der Waals surface area contributed by atoms with Gasteiger partial charge in [-0.25, -0.2) is 0 Å². The minimum absolute atomic E-state index is 0.247. The number of ether oxygens (including phenoxy) is 6. The first-order chi connectivity index (χ1) is 38.8. The van der Waals surface area contributed by atoms with E-state index in [9.17, 15) is 61.0 Å². The Morgan fingerprint density at radius 3 is 1.35 bits per heavy atom. The molecule has 3 heterocycles. The van der Waals surface area contributed by atoms with Crippen LogP contribution in [-0.2, 0) is 33.2 Å². The number of amides is 1. The smallest absolute Gasteiger partial charge is 0.220 e. The number of carbonyl (C=O) groups is 1. The molecule has 17 atom stereocenters. The van der Waals surface area contributed by atoms with Crippen molar-refractivity contribution in [2.75, 3.05) is 26.4 Å². The molecule has 3 aliphatic rings. The van der Waals surface area contributed by atoms with E-state index in [1.807, 2.05) is 0 Å². The van der Waals surface area contributed by atoms with Crippen molar-refractivity contribution in [1.82, 2.24) is 5.32 Å². The van der Waals surface area contributed by atoms with Gasteiger partial charge in [0.1, 0.15) is 73.2 Å². The highest BCUT2D eigenvalue weighted by molar-refractivity contribution is 5.76. The van der Waals surface area contributed by atoms with Crippen molar-refractivity contribution in [3.63, 3.8) is 0 Å². The van der Waals surface area contributed by atoms with Crippen LogP contribution >= 0.6 is 0 Å². The van der Waals surface area contributed by atoms with Crippen LogP contribution in [0.3, 0.4) is 0 Å². The molecule has 0 aromatic heterocycles. The third-order valence-electron chi connectivity index (χ3n) is 15.7. The summed E-state index contributed by atoms with van der Waals surface area (Å²) in [6.07, 6.45) is 20.8. The van der Waals surface area contributed by atoms with E-state index in [-0.39, 0.29) is 18.9 Å². The predicted molar refractivity (Wildman–Crippen MR) is 305 cm³/mol. The molecular formula is C61H111NO18. The van der Waals surface area contributed by atoms with Crippen LogP contribution in [0.4, 0.5) is 0 Å². The van der Waals surface area contributed by atoms with Gasteiger partial charge in [0.2, 0.25) is 5.91 Å². The Kier molecular flexibility index (Phi) is 40.2. The predicted octanol–water partition coefficient (Wildman–Crippen LogP) is 6.10. The number of aliphatic hydroxyl groups excluding tert-OH is 11. The van der Waals surface area contributed by atoms with E-state index >= 15 is 0 Å². The number of hydrogen-bond donors (Lipinski definition) is 12. The highest BCUT2D eigenvalue weighted by Crippen LogP contribution is 2.33. The van der Waals surface area contributed by atoms with Crippen LogP contribution in [0.25, 0.3) is 0 Å². The summed E-state index contributed by atoms with van der Waals surface area (Å²) in [4.78, 5) is 13.3. The molecule has 0 aliphatic carbocycles. The lowest BCUT2D eigenvalue weighted by Crippen LogP contribution is -2.66. The Morgan fingerprint density at radius 1 is 0.463 bits per heavy atom. The first-order valence-electron chi connectivity index (χ1n) is 31.2. The van der Waals surface area contributed by atoms with Crippen LogP contribution < -0.4 is 5.32 Å². The second-order valence-electron chi connectivity index (χ2n) is 22.5. The molecule has 0 aromatic carbocycles. The lowest BCUT2D eigenvalue weighted by atomic mass is 9.96. The van der Waals surface area contributed by atoms with Gasteiger partial charge in [-0.2, -0.15) is 0 Å². The SMILES string of the molecule is CC/C=C\C/C=C\C/C=C\CCCCCCCC(=O)NC(COC1OC(CO)C(OC2OC(CO)C(OC3OC(CO)C(O)C(O)C3O)C(O)C2O)C(O)C1O)C(O)CCCCCCCCCCCCCCCCCCCCCC. The minimum atomic E-state index is -1.97. The number of aliphatic hydroxyl groups is 11. The third-order valence-corrected chi connectivity index (χ3v) is 15.7. The van der Waals surface area contributed by atoms with Gasteiger partial charge in [-0.05, 0) is 44.9 Å². The van der Waals surface area contributed by atoms with Crippen molar-refractivity contribution < 1.29 is 89.4 Å². The fraction of sp³-hybridized carbons (Fsp3) is 0.885. The van der Waals surface area contributed by atoms with Gasteiger partial charge < -0.3 is 89.9 Å². The van der Waals surface area contributed by atoms with Gasteiger partial charge >= 0.3 is 0 Å². The van der Waals surface area contributed by atoms with Crippen LogP contribution in [0.2, 0.25) is 0 Å².